The normalized spacial score (nSPS) is 19.9. The molecule has 0 bridgehead atoms. The zero-order valence-electron chi connectivity index (χ0n) is 11.0. The van der Waals surface area contributed by atoms with Crippen molar-refractivity contribution in [2.75, 3.05) is 19.6 Å². The molecule has 5 nitrogen and oxygen atoms in total. The summed E-state index contributed by atoms with van der Waals surface area (Å²) in [5, 5.41) is 8.84. The number of nitriles is 1. The van der Waals surface area contributed by atoms with E-state index in [2.05, 4.69) is 0 Å². The fourth-order valence-electron chi connectivity index (χ4n) is 2.31. The summed E-state index contributed by atoms with van der Waals surface area (Å²) in [7, 11) is -3.51. The molecule has 0 saturated carbocycles. The van der Waals surface area contributed by atoms with Crippen LogP contribution in [-0.4, -0.2) is 32.4 Å². The molecule has 1 heterocycles. The maximum Gasteiger partial charge on any atom is 0.243 e. The number of nitrogens with two attached hydrogens (primary N) is 1. The number of hydrogen-bond acceptors (Lipinski definition) is 4. The van der Waals surface area contributed by atoms with Gasteiger partial charge in [0.1, 0.15) is 0 Å². The quantitative estimate of drug-likeness (QED) is 0.911. The van der Waals surface area contributed by atoms with Crippen LogP contribution in [0.2, 0.25) is 0 Å². The van der Waals surface area contributed by atoms with Crippen LogP contribution in [0, 0.1) is 17.2 Å². The molecule has 0 spiro atoms. The van der Waals surface area contributed by atoms with Gasteiger partial charge in [-0.2, -0.15) is 9.57 Å². The van der Waals surface area contributed by atoms with Gasteiger partial charge < -0.3 is 5.73 Å². The van der Waals surface area contributed by atoms with Crippen molar-refractivity contribution in [1.29, 1.82) is 5.26 Å². The second-order valence-corrected chi connectivity index (χ2v) is 6.68. The van der Waals surface area contributed by atoms with E-state index in [-0.39, 0.29) is 23.2 Å². The van der Waals surface area contributed by atoms with Crippen LogP contribution in [0.15, 0.2) is 29.2 Å². The van der Waals surface area contributed by atoms with E-state index in [1.54, 1.807) is 12.1 Å². The fourth-order valence-corrected chi connectivity index (χ4v) is 3.91. The number of piperidine rings is 1. The summed E-state index contributed by atoms with van der Waals surface area (Å²) in [5.41, 5.74) is 5.98. The average molecular weight is 316 g/mol. The first-order chi connectivity index (χ1) is 9.07. The highest BCUT2D eigenvalue weighted by Gasteiger charge is 2.29. The minimum atomic E-state index is -3.51. The van der Waals surface area contributed by atoms with E-state index >= 15 is 0 Å². The first kappa shape index (κ1) is 16.9. The van der Waals surface area contributed by atoms with Gasteiger partial charge in [0.15, 0.2) is 0 Å². The topological polar surface area (TPSA) is 87.2 Å². The van der Waals surface area contributed by atoms with Gasteiger partial charge in [-0.25, -0.2) is 8.42 Å². The molecule has 2 N–H and O–H groups in total. The molecule has 1 aliphatic heterocycles. The van der Waals surface area contributed by atoms with Crippen molar-refractivity contribution >= 4 is 22.4 Å². The van der Waals surface area contributed by atoms with Crippen molar-refractivity contribution in [2.24, 2.45) is 11.7 Å². The SMILES string of the molecule is Cl.N#Cc1cccc(S(=O)(=O)N2CCCC(CN)C2)c1. The molecule has 110 valence electrons. The van der Waals surface area contributed by atoms with Crippen molar-refractivity contribution in [2.45, 2.75) is 17.7 Å². The molecule has 7 heteroatoms. The van der Waals surface area contributed by atoms with E-state index in [1.807, 2.05) is 6.07 Å². The maximum absolute atomic E-state index is 12.5. The average Bonchev–Trinajstić information content (AvgIpc) is 2.47. The monoisotopic (exact) mass is 315 g/mol. The van der Waals surface area contributed by atoms with Gasteiger partial charge in [0.05, 0.1) is 16.5 Å². The Hall–Kier alpha value is -1.13. The number of rotatable bonds is 3. The smallest absolute Gasteiger partial charge is 0.243 e. The Morgan fingerprint density at radius 1 is 1.45 bits per heavy atom. The van der Waals surface area contributed by atoms with E-state index in [9.17, 15) is 8.42 Å². The minimum Gasteiger partial charge on any atom is -0.330 e. The van der Waals surface area contributed by atoms with Crippen LogP contribution in [0.1, 0.15) is 18.4 Å². The fraction of sp³-hybridized carbons (Fsp3) is 0.462. The predicted octanol–water partition coefficient (Wildman–Crippen LogP) is 1.34. The number of benzene rings is 1. The number of sulfonamides is 1. The Balaban J connectivity index is 0.00000200. The molecule has 2 rings (SSSR count). The van der Waals surface area contributed by atoms with Crippen molar-refractivity contribution < 1.29 is 8.42 Å². The third-order valence-corrected chi connectivity index (χ3v) is 5.28. The summed E-state index contributed by atoms with van der Waals surface area (Å²) in [6, 6.07) is 8.10. The van der Waals surface area contributed by atoms with Gasteiger partial charge in [-0.15, -0.1) is 12.4 Å². The van der Waals surface area contributed by atoms with Crippen LogP contribution in [0.4, 0.5) is 0 Å². The van der Waals surface area contributed by atoms with E-state index in [0.717, 1.165) is 12.8 Å². The standard InChI is InChI=1S/C13H17N3O2S.ClH/c14-8-11-3-1-5-13(7-11)19(17,18)16-6-2-4-12(9-15)10-16;/h1,3,5,7,12H,2,4,6,9-10,15H2;1H. The van der Waals surface area contributed by atoms with Crippen LogP contribution in [-0.2, 0) is 10.0 Å². The van der Waals surface area contributed by atoms with Crippen LogP contribution < -0.4 is 5.73 Å². The van der Waals surface area contributed by atoms with Gasteiger partial charge in [0.25, 0.3) is 0 Å². The van der Waals surface area contributed by atoms with Crippen molar-refractivity contribution in [3.63, 3.8) is 0 Å². The lowest BCUT2D eigenvalue weighted by atomic mass is 10.0. The highest BCUT2D eigenvalue weighted by atomic mass is 35.5. The largest absolute Gasteiger partial charge is 0.330 e. The summed E-state index contributed by atoms with van der Waals surface area (Å²) in [4.78, 5) is 0.184. The molecule has 20 heavy (non-hydrogen) atoms. The van der Waals surface area contributed by atoms with Crippen LogP contribution >= 0.6 is 12.4 Å². The number of nitrogens with zero attached hydrogens (tertiary/aromatic N) is 2. The lowest BCUT2D eigenvalue weighted by molar-refractivity contribution is 0.271. The second kappa shape index (κ2) is 7.04. The van der Waals surface area contributed by atoms with Gasteiger partial charge in [0, 0.05) is 13.1 Å². The second-order valence-electron chi connectivity index (χ2n) is 4.75. The molecular formula is C13H18ClN3O2S. The zero-order chi connectivity index (χ0) is 13.9. The van der Waals surface area contributed by atoms with Gasteiger partial charge >= 0.3 is 0 Å². The first-order valence-corrected chi connectivity index (χ1v) is 7.72. The lowest BCUT2D eigenvalue weighted by Crippen LogP contribution is -2.41. The molecule has 1 aromatic rings. The Bertz CT molecular complexity index is 598. The third kappa shape index (κ3) is 3.49. The molecule has 0 aliphatic carbocycles. The van der Waals surface area contributed by atoms with Gasteiger partial charge in [-0.05, 0) is 43.5 Å². The van der Waals surface area contributed by atoms with Crippen LogP contribution in [0.5, 0.6) is 0 Å². The molecule has 0 aromatic heterocycles. The Morgan fingerprint density at radius 2 is 2.20 bits per heavy atom. The van der Waals surface area contributed by atoms with Crippen LogP contribution in [0.3, 0.4) is 0 Å². The summed E-state index contributed by atoms with van der Waals surface area (Å²) < 4.78 is 26.5. The molecule has 1 atom stereocenters. The van der Waals surface area contributed by atoms with E-state index in [4.69, 9.17) is 11.0 Å². The van der Waals surface area contributed by atoms with Gasteiger partial charge in [-0.3, -0.25) is 0 Å². The third-order valence-electron chi connectivity index (χ3n) is 3.42. The summed E-state index contributed by atoms with van der Waals surface area (Å²) in [5.74, 6) is 0.225. The zero-order valence-corrected chi connectivity index (χ0v) is 12.7. The van der Waals surface area contributed by atoms with Gasteiger partial charge in [0.2, 0.25) is 10.0 Å². The molecule has 1 saturated heterocycles. The maximum atomic E-state index is 12.5. The number of halogens is 1. The van der Waals surface area contributed by atoms with Crippen LogP contribution in [0.25, 0.3) is 0 Å². The van der Waals surface area contributed by atoms with Crippen molar-refractivity contribution in [1.82, 2.24) is 4.31 Å². The van der Waals surface area contributed by atoms with E-state index in [0.29, 0.717) is 25.2 Å². The number of hydrogen-bond donors (Lipinski definition) is 1. The predicted molar refractivity (Wildman–Crippen MR) is 78.9 cm³/mol. The summed E-state index contributed by atoms with van der Waals surface area (Å²) in [6.45, 7) is 1.50. The molecule has 1 aromatic carbocycles. The molecule has 1 unspecified atom stereocenters. The molecule has 0 radical (unpaired) electrons. The Morgan fingerprint density at radius 3 is 2.85 bits per heavy atom. The molecule has 1 aliphatic rings. The first-order valence-electron chi connectivity index (χ1n) is 6.28. The van der Waals surface area contributed by atoms with Gasteiger partial charge in [-0.1, -0.05) is 6.07 Å². The summed E-state index contributed by atoms with van der Waals surface area (Å²) >= 11 is 0. The molecule has 0 amide bonds. The lowest BCUT2D eigenvalue weighted by Gasteiger charge is -2.31. The Kier molecular flexibility index (Phi) is 5.96. The summed E-state index contributed by atoms with van der Waals surface area (Å²) in [6.07, 6.45) is 1.81. The molecular weight excluding hydrogens is 298 g/mol. The molecule has 1 fully saturated rings. The highest BCUT2D eigenvalue weighted by Crippen LogP contribution is 2.23. The Labute approximate surface area is 125 Å². The van der Waals surface area contributed by atoms with E-state index in [1.165, 1.54) is 16.4 Å². The van der Waals surface area contributed by atoms with Crippen molar-refractivity contribution in [3.05, 3.63) is 29.8 Å². The minimum absolute atomic E-state index is 0. The highest BCUT2D eigenvalue weighted by molar-refractivity contribution is 7.89. The van der Waals surface area contributed by atoms with E-state index < -0.39 is 10.0 Å². The van der Waals surface area contributed by atoms with Crippen molar-refractivity contribution in [3.8, 4) is 6.07 Å².